The molecule has 6 nitrogen and oxygen atoms in total. The topological polar surface area (TPSA) is 80.0 Å². The van der Waals surface area contributed by atoms with E-state index in [1.807, 2.05) is 0 Å². The summed E-state index contributed by atoms with van der Waals surface area (Å²) in [4.78, 5) is 15.1. The number of carboxylic acids is 1. The number of hydrogen-bond donors (Lipinski definition) is 2. The highest BCUT2D eigenvalue weighted by Gasteiger charge is 2.31. The molecule has 0 amide bonds. The molecule has 0 aliphatic rings. The zero-order valence-corrected chi connectivity index (χ0v) is 12.3. The Morgan fingerprint density at radius 3 is 2.71 bits per heavy atom. The highest BCUT2D eigenvalue weighted by Crippen LogP contribution is 2.34. The third-order valence-electron chi connectivity index (χ3n) is 3.48. The van der Waals surface area contributed by atoms with Crippen molar-refractivity contribution in [2.24, 2.45) is 7.05 Å². The van der Waals surface area contributed by atoms with Crippen LogP contribution in [-0.2, 0) is 13.2 Å². The maximum absolute atomic E-state index is 12.9. The number of nitrogens with one attached hydrogen (secondary N) is 1. The van der Waals surface area contributed by atoms with Crippen molar-refractivity contribution in [2.45, 2.75) is 6.18 Å². The van der Waals surface area contributed by atoms with Crippen molar-refractivity contribution in [1.82, 2.24) is 14.8 Å². The standard InChI is InChI=1S/C15H11F3N4O2/c1-22-12-3-2-8(15(16,17)18)6-10(12)13(21-22)20-11-7-19-5-4-9(11)14(23)24/h2-7H,1H3,(H,20,21)(H,23,24). The maximum atomic E-state index is 12.9. The molecule has 0 radical (unpaired) electrons. The minimum absolute atomic E-state index is 0.0595. The molecule has 2 heterocycles. The second-order valence-corrected chi connectivity index (χ2v) is 5.05. The first-order valence-corrected chi connectivity index (χ1v) is 6.75. The van der Waals surface area contributed by atoms with Crippen molar-refractivity contribution < 1.29 is 23.1 Å². The fourth-order valence-corrected chi connectivity index (χ4v) is 2.34. The van der Waals surface area contributed by atoms with Gasteiger partial charge in [-0.1, -0.05) is 0 Å². The summed E-state index contributed by atoms with van der Waals surface area (Å²) < 4.78 is 40.2. The molecule has 124 valence electrons. The van der Waals surface area contributed by atoms with Gasteiger partial charge in [-0.3, -0.25) is 9.67 Å². The lowest BCUT2D eigenvalue weighted by Crippen LogP contribution is -2.05. The zero-order chi connectivity index (χ0) is 17.5. The summed E-state index contributed by atoms with van der Waals surface area (Å²) in [7, 11) is 1.59. The fourth-order valence-electron chi connectivity index (χ4n) is 2.34. The number of carbonyl (C=O) groups is 1. The van der Waals surface area contributed by atoms with E-state index in [-0.39, 0.29) is 22.5 Å². The average molecular weight is 336 g/mol. The molecular formula is C15H11F3N4O2. The Morgan fingerprint density at radius 1 is 1.29 bits per heavy atom. The van der Waals surface area contributed by atoms with Gasteiger partial charge < -0.3 is 10.4 Å². The number of rotatable bonds is 3. The van der Waals surface area contributed by atoms with E-state index in [9.17, 15) is 23.1 Å². The van der Waals surface area contributed by atoms with Gasteiger partial charge in [-0.05, 0) is 24.3 Å². The highest BCUT2D eigenvalue weighted by molar-refractivity contribution is 5.98. The van der Waals surface area contributed by atoms with Crippen LogP contribution in [0.15, 0.2) is 36.7 Å². The largest absolute Gasteiger partial charge is 0.478 e. The third-order valence-corrected chi connectivity index (χ3v) is 3.48. The van der Waals surface area contributed by atoms with Crippen LogP contribution in [0.1, 0.15) is 15.9 Å². The van der Waals surface area contributed by atoms with Crippen molar-refractivity contribution in [3.05, 3.63) is 47.8 Å². The van der Waals surface area contributed by atoms with E-state index in [0.29, 0.717) is 5.52 Å². The van der Waals surface area contributed by atoms with Crippen molar-refractivity contribution >= 4 is 28.4 Å². The second kappa shape index (κ2) is 5.52. The van der Waals surface area contributed by atoms with Gasteiger partial charge in [-0.25, -0.2) is 4.79 Å². The number of hydrogen-bond acceptors (Lipinski definition) is 4. The molecule has 0 fully saturated rings. The molecule has 0 saturated carbocycles. The Hall–Kier alpha value is -3.10. The molecule has 0 aliphatic heterocycles. The highest BCUT2D eigenvalue weighted by atomic mass is 19.4. The van der Waals surface area contributed by atoms with Gasteiger partial charge in [0.15, 0.2) is 5.82 Å². The van der Waals surface area contributed by atoms with Crippen LogP contribution in [0.4, 0.5) is 24.7 Å². The number of fused-ring (bicyclic) bond motifs is 1. The number of carboxylic acid groups (broad SMARTS) is 1. The van der Waals surface area contributed by atoms with E-state index in [4.69, 9.17) is 0 Å². The molecule has 0 atom stereocenters. The lowest BCUT2D eigenvalue weighted by Gasteiger charge is -2.08. The van der Waals surface area contributed by atoms with Gasteiger partial charge in [0.1, 0.15) is 0 Å². The van der Waals surface area contributed by atoms with E-state index in [1.165, 1.54) is 29.2 Å². The number of aromatic carboxylic acids is 1. The molecule has 9 heteroatoms. The van der Waals surface area contributed by atoms with E-state index in [1.54, 1.807) is 7.05 Å². The minimum atomic E-state index is -4.48. The van der Waals surface area contributed by atoms with Gasteiger partial charge in [-0.15, -0.1) is 0 Å². The minimum Gasteiger partial charge on any atom is -0.478 e. The average Bonchev–Trinajstić information content (AvgIpc) is 2.83. The first-order valence-electron chi connectivity index (χ1n) is 6.75. The number of pyridine rings is 1. The molecule has 0 unspecified atom stereocenters. The van der Waals surface area contributed by atoms with Crippen LogP contribution in [0.2, 0.25) is 0 Å². The summed E-state index contributed by atoms with van der Waals surface area (Å²) in [5.41, 5.74) is -0.250. The predicted molar refractivity (Wildman–Crippen MR) is 80.2 cm³/mol. The zero-order valence-electron chi connectivity index (χ0n) is 12.3. The lowest BCUT2D eigenvalue weighted by molar-refractivity contribution is -0.137. The van der Waals surface area contributed by atoms with Crippen LogP contribution in [0.5, 0.6) is 0 Å². The first-order chi connectivity index (χ1) is 11.3. The molecule has 0 saturated heterocycles. The molecule has 1 aromatic carbocycles. The maximum Gasteiger partial charge on any atom is 0.416 e. The van der Waals surface area contributed by atoms with E-state index in [0.717, 1.165) is 12.1 Å². The molecule has 2 aromatic heterocycles. The number of aryl methyl sites for hydroxylation is 1. The van der Waals surface area contributed by atoms with Crippen LogP contribution in [-0.4, -0.2) is 25.8 Å². The monoisotopic (exact) mass is 336 g/mol. The summed E-state index contributed by atoms with van der Waals surface area (Å²) in [5.74, 6) is -1.06. The molecule has 3 aromatic rings. The Labute approximate surface area is 133 Å². The number of nitrogens with zero attached hydrogens (tertiary/aromatic N) is 3. The Morgan fingerprint density at radius 2 is 2.04 bits per heavy atom. The molecular weight excluding hydrogens is 325 g/mol. The summed E-state index contributed by atoms with van der Waals surface area (Å²) in [6.45, 7) is 0. The number of anilines is 2. The van der Waals surface area contributed by atoms with Gasteiger partial charge >= 0.3 is 12.1 Å². The fraction of sp³-hybridized carbons (Fsp3) is 0.133. The summed E-state index contributed by atoms with van der Waals surface area (Å²) >= 11 is 0. The van der Waals surface area contributed by atoms with E-state index < -0.39 is 17.7 Å². The Kier molecular flexibility index (Phi) is 3.63. The lowest BCUT2D eigenvalue weighted by atomic mass is 10.1. The van der Waals surface area contributed by atoms with E-state index in [2.05, 4.69) is 15.4 Å². The predicted octanol–water partition coefficient (Wildman–Crippen LogP) is 3.43. The van der Waals surface area contributed by atoms with Crippen LogP contribution in [0.3, 0.4) is 0 Å². The quantitative estimate of drug-likeness (QED) is 0.766. The van der Waals surface area contributed by atoms with Crippen molar-refractivity contribution in [2.75, 3.05) is 5.32 Å². The second-order valence-electron chi connectivity index (χ2n) is 5.05. The Bertz CT molecular complexity index is 934. The summed E-state index contributed by atoms with van der Waals surface area (Å²) in [5, 5.41) is 16.3. The molecule has 0 spiro atoms. The van der Waals surface area contributed by atoms with Crippen LogP contribution in [0.25, 0.3) is 10.9 Å². The summed E-state index contributed by atoms with van der Waals surface area (Å²) in [6, 6.07) is 4.55. The summed E-state index contributed by atoms with van der Waals surface area (Å²) in [6.07, 6.45) is -1.90. The van der Waals surface area contributed by atoms with Gasteiger partial charge in [0.25, 0.3) is 0 Å². The van der Waals surface area contributed by atoms with Crippen LogP contribution < -0.4 is 5.32 Å². The van der Waals surface area contributed by atoms with Gasteiger partial charge in [-0.2, -0.15) is 18.3 Å². The number of aromatic nitrogens is 3. The SMILES string of the molecule is Cn1nc(Nc2cnccc2C(=O)O)c2cc(C(F)(F)F)ccc21. The molecule has 2 N–H and O–H groups in total. The smallest absolute Gasteiger partial charge is 0.416 e. The number of alkyl halides is 3. The molecule has 0 aliphatic carbocycles. The first kappa shape index (κ1) is 15.8. The van der Waals surface area contributed by atoms with Crippen molar-refractivity contribution in [3.8, 4) is 0 Å². The van der Waals surface area contributed by atoms with Gasteiger partial charge in [0.2, 0.25) is 0 Å². The molecule has 3 rings (SSSR count). The van der Waals surface area contributed by atoms with Crippen LogP contribution in [0, 0.1) is 0 Å². The van der Waals surface area contributed by atoms with Crippen molar-refractivity contribution in [1.29, 1.82) is 0 Å². The van der Waals surface area contributed by atoms with Crippen molar-refractivity contribution in [3.63, 3.8) is 0 Å². The number of benzene rings is 1. The van der Waals surface area contributed by atoms with Gasteiger partial charge in [0.05, 0.1) is 28.5 Å². The third kappa shape index (κ3) is 2.75. The molecule has 0 bridgehead atoms. The number of halogens is 3. The van der Waals surface area contributed by atoms with Gasteiger partial charge in [0, 0.05) is 18.6 Å². The Balaban J connectivity index is 2.12. The van der Waals surface area contributed by atoms with Crippen LogP contribution >= 0.6 is 0 Å². The normalized spacial score (nSPS) is 11.7. The molecule has 24 heavy (non-hydrogen) atoms. The van der Waals surface area contributed by atoms with E-state index >= 15 is 0 Å².